The lowest BCUT2D eigenvalue weighted by atomic mass is 10.1. The minimum atomic E-state index is -0.481. The molecule has 1 aliphatic heterocycles. The Morgan fingerprint density at radius 2 is 1.67 bits per heavy atom. The highest BCUT2D eigenvalue weighted by molar-refractivity contribution is 5.78. The second kappa shape index (κ2) is 10.2. The molecule has 1 saturated heterocycles. The fourth-order valence-electron chi connectivity index (χ4n) is 3.62. The summed E-state index contributed by atoms with van der Waals surface area (Å²) in [5, 5.41) is 8.72. The van der Waals surface area contributed by atoms with Crippen molar-refractivity contribution in [3.63, 3.8) is 0 Å². The molecule has 33 heavy (non-hydrogen) atoms. The van der Waals surface area contributed by atoms with Gasteiger partial charge in [0.2, 0.25) is 0 Å². The van der Waals surface area contributed by atoms with Gasteiger partial charge in [-0.25, -0.2) is 4.39 Å². The van der Waals surface area contributed by atoms with Crippen molar-refractivity contribution >= 4 is 11.7 Å². The predicted octanol–water partition coefficient (Wildman–Crippen LogP) is 3.03. The molecule has 1 fully saturated rings. The van der Waals surface area contributed by atoms with Crippen LogP contribution in [0.2, 0.25) is 0 Å². The highest BCUT2D eigenvalue weighted by Gasteiger charge is 2.23. The van der Waals surface area contributed by atoms with Crippen molar-refractivity contribution in [1.82, 2.24) is 15.1 Å². The molecule has 1 aromatic heterocycles. The molecular formula is C24H25FN4O4. The number of rotatable bonds is 7. The molecule has 0 N–H and O–H groups in total. The Kier molecular flexibility index (Phi) is 6.87. The molecule has 4 rings (SSSR count). The van der Waals surface area contributed by atoms with Gasteiger partial charge in [0.05, 0.1) is 19.9 Å². The van der Waals surface area contributed by atoms with Crippen molar-refractivity contribution in [2.75, 3.05) is 51.9 Å². The van der Waals surface area contributed by atoms with E-state index in [-0.39, 0.29) is 18.3 Å². The van der Waals surface area contributed by atoms with E-state index in [1.54, 1.807) is 31.3 Å². The summed E-state index contributed by atoms with van der Waals surface area (Å²) in [5.74, 6) is 1.44. The van der Waals surface area contributed by atoms with Gasteiger partial charge in [-0.1, -0.05) is 12.1 Å². The van der Waals surface area contributed by atoms with Crippen LogP contribution in [0.3, 0.4) is 0 Å². The smallest absolute Gasteiger partial charge is 0.260 e. The Morgan fingerprint density at radius 3 is 2.33 bits per heavy atom. The van der Waals surface area contributed by atoms with Crippen LogP contribution in [0.15, 0.2) is 54.6 Å². The number of carbonyl (C=O) groups excluding carboxylic acids is 1. The van der Waals surface area contributed by atoms with Gasteiger partial charge in [-0.05, 0) is 42.5 Å². The number of nitrogens with zero attached hydrogens (tertiary/aromatic N) is 4. The second-order valence-corrected chi connectivity index (χ2v) is 7.43. The molecule has 0 saturated carbocycles. The zero-order valence-electron chi connectivity index (χ0n) is 18.5. The van der Waals surface area contributed by atoms with Crippen molar-refractivity contribution in [1.29, 1.82) is 0 Å². The van der Waals surface area contributed by atoms with Gasteiger partial charge in [0.25, 0.3) is 5.91 Å². The van der Waals surface area contributed by atoms with Crippen LogP contribution in [0, 0.1) is 5.82 Å². The predicted molar refractivity (Wildman–Crippen MR) is 121 cm³/mol. The zero-order chi connectivity index (χ0) is 23.2. The fraction of sp³-hybridized carbons (Fsp3) is 0.292. The number of ether oxygens (including phenoxy) is 3. The van der Waals surface area contributed by atoms with E-state index >= 15 is 0 Å². The van der Waals surface area contributed by atoms with Gasteiger partial charge in [-0.3, -0.25) is 4.79 Å². The lowest BCUT2D eigenvalue weighted by molar-refractivity contribution is -0.133. The standard InChI is InChI=1S/C24H25FN4O4/c1-31-21-9-7-17(15-22(21)32-2)19-8-10-23(27-26-19)28-11-13-29(14-12-28)24(30)16-33-20-6-4-3-5-18(20)25/h3-10,15H,11-14,16H2,1-2H3. The molecule has 1 amide bonds. The number of hydrogen-bond acceptors (Lipinski definition) is 7. The highest BCUT2D eigenvalue weighted by atomic mass is 19.1. The average Bonchev–Trinajstić information content (AvgIpc) is 2.88. The Hall–Kier alpha value is -3.88. The van der Waals surface area contributed by atoms with Gasteiger partial charge in [-0.15, -0.1) is 10.2 Å². The SMILES string of the molecule is COc1ccc(-c2ccc(N3CCN(C(=O)COc4ccccc4F)CC3)nn2)cc1OC. The van der Waals surface area contributed by atoms with E-state index in [1.807, 2.05) is 30.3 Å². The summed E-state index contributed by atoms with van der Waals surface area (Å²) in [6, 6.07) is 15.5. The Morgan fingerprint density at radius 1 is 0.909 bits per heavy atom. The molecule has 8 nitrogen and oxygen atoms in total. The number of halogens is 1. The molecule has 0 bridgehead atoms. The van der Waals surface area contributed by atoms with Crippen molar-refractivity contribution < 1.29 is 23.4 Å². The summed E-state index contributed by atoms with van der Waals surface area (Å²) in [7, 11) is 3.18. The van der Waals surface area contributed by atoms with Gasteiger partial charge in [0, 0.05) is 31.7 Å². The van der Waals surface area contributed by atoms with Gasteiger partial charge in [0.15, 0.2) is 35.5 Å². The molecule has 0 aliphatic carbocycles. The van der Waals surface area contributed by atoms with Gasteiger partial charge >= 0.3 is 0 Å². The molecule has 9 heteroatoms. The van der Waals surface area contributed by atoms with Crippen LogP contribution in [0.1, 0.15) is 0 Å². The number of amides is 1. The first-order valence-corrected chi connectivity index (χ1v) is 10.5. The molecule has 0 radical (unpaired) electrons. The molecule has 3 aromatic rings. The van der Waals surface area contributed by atoms with Crippen LogP contribution < -0.4 is 19.1 Å². The van der Waals surface area contributed by atoms with E-state index in [0.717, 1.165) is 17.1 Å². The molecule has 2 aromatic carbocycles. The van der Waals surface area contributed by atoms with E-state index in [0.29, 0.717) is 37.7 Å². The van der Waals surface area contributed by atoms with E-state index < -0.39 is 5.82 Å². The Bertz CT molecular complexity index is 1100. The monoisotopic (exact) mass is 452 g/mol. The molecule has 0 unspecified atom stereocenters. The maximum absolute atomic E-state index is 13.6. The molecule has 1 aliphatic rings. The summed E-state index contributed by atoms with van der Waals surface area (Å²) < 4.78 is 29.6. The van der Waals surface area contributed by atoms with Crippen LogP contribution in [0.5, 0.6) is 17.2 Å². The van der Waals surface area contributed by atoms with Gasteiger partial charge in [-0.2, -0.15) is 0 Å². The van der Waals surface area contributed by atoms with E-state index in [4.69, 9.17) is 14.2 Å². The van der Waals surface area contributed by atoms with E-state index in [2.05, 4.69) is 15.1 Å². The summed E-state index contributed by atoms with van der Waals surface area (Å²) in [6.45, 7) is 2.10. The summed E-state index contributed by atoms with van der Waals surface area (Å²) in [4.78, 5) is 16.2. The molecule has 2 heterocycles. The topological polar surface area (TPSA) is 77.0 Å². The molecule has 0 atom stereocenters. The third-order valence-corrected chi connectivity index (χ3v) is 5.47. The van der Waals surface area contributed by atoms with E-state index in [9.17, 15) is 9.18 Å². The third kappa shape index (κ3) is 5.14. The first-order valence-electron chi connectivity index (χ1n) is 10.5. The van der Waals surface area contributed by atoms with Gasteiger partial charge in [0.1, 0.15) is 0 Å². The molecule has 0 spiro atoms. The van der Waals surface area contributed by atoms with E-state index in [1.165, 1.54) is 12.1 Å². The quantitative estimate of drug-likeness (QED) is 0.545. The number of para-hydroxylation sites is 1. The number of benzene rings is 2. The third-order valence-electron chi connectivity index (χ3n) is 5.47. The molecule has 172 valence electrons. The van der Waals surface area contributed by atoms with Crippen LogP contribution in [0.4, 0.5) is 10.2 Å². The number of piperazine rings is 1. The van der Waals surface area contributed by atoms with Crippen LogP contribution >= 0.6 is 0 Å². The second-order valence-electron chi connectivity index (χ2n) is 7.43. The zero-order valence-corrected chi connectivity index (χ0v) is 18.5. The number of carbonyl (C=O) groups is 1. The summed E-state index contributed by atoms with van der Waals surface area (Å²) >= 11 is 0. The fourth-order valence-corrected chi connectivity index (χ4v) is 3.62. The summed E-state index contributed by atoms with van der Waals surface area (Å²) in [5.41, 5.74) is 1.59. The first-order chi connectivity index (χ1) is 16.1. The highest BCUT2D eigenvalue weighted by Crippen LogP contribution is 2.31. The van der Waals surface area contributed by atoms with Gasteiger partial charge < -0.3 is 24.0 Å². The summed E-state index contributed by atoms with van der Waals surface area (Å²) in [6.07, 6.45) is 0. The maximum atomic E-state index is 13.6. The van der Waals surface area contributed by atoms with Crippen molar-refractivity contribution in [2.24, 2.45) is 0 Å². The van der Waals surface area contributed by atoms with Crippen LogP contribution in [-0.4, -0.2) is 68.0 Å². The first kappa shape index (κ1) is 22.3. The van der Waals surface area contributed by atoms with Crippen molar-refractivity contribution in [2.45, 2.75) is 0 Å². The number of methoxy groups -OCH3 is 2. The number of hydrogen-bond donors (Lipinski definition) is 0. The average molecular weight is 452 g/mol. The number of anilines is 1. The van der Waals surface area contributed by atoms with Crippen LogP contribution in [0.25, 0.3) is 11.3 Å². The van der Waals surface area contributed by atoms with Crippen LogP contribution in [-0.2, 0) is 4.79 Å². The largest absolute Gasteiger partial charge is 0.493 e. The minimum absolute atomic E-state index is 0.0781. The minimum Gasteiger partial charge on any atom is -0.493 e. The number of aromatic nitrogens is 2. The normalized spacial score (nSPS) is 13.5. The Labute approximate surface area is 191 Å². The van der Waals surface area contributed by atoms with Crippen molar-refractivity contribution in [3.8, 4) is 28.5 Å². The lowest BCUT2D eigenvalue weighted by Gasteiger charge is -2.35. The molecular weight excluding hydrogens is 427 g/mol. The maximum Gasteiger partial charge on any atom is 0.260 e. The lowest BCUT2D eigenvalue weighted by Crippen LogP contribution is -2.50. The van der Waals surface area contributed by atoms with Crippen molar-refractivity contribution in [3.05, 3.63) is 60.4 Å². The Balaban J connectivity index is 1.32.